The van der Waals surface area contributed by atoms with Crippen molar-refractivity contribution in [1.29, 1.82) is 0 Å². The van der Waals surface area contributed by atoms with Crippen molar-refractivity contribution in [3.63, 3.8) is 0 Å². The van der Waals surface area contributed by atoms with Crippen molar-refractivity contribution in [2.75, 3.05) is 32.9 Å². The number of rotatable bonds is 9. The normalized spacial score (nSPS) is 24.2. The van der Waals surface area contributed by atoms with Crippen LogP contribution in [-0.2, 0) is 14.2 Å². The van der Waals surface area contributed by atoms with Crippen LogP contribution in [0, 0.1) is 0 Å². The molecule has 0 aromatic carbocycles. The molecule has 2 saturated heterocycles. The van der Waals surface area contributed by atoms with Gasteiger partial charge in [0.05, 0.1) is 26.4 Å². The van der Waals surface area contributed by atoms with E-state index in [1.54, 1.807) is 0 Å². The molecule has 6 heteroatoms. The highest BCUT2D eigenvalue weighted by Gasteiger charge is 2.42. The number of unbranched alkanes of at least 4 members (excludes halogenated alkanes) is 5. The highest BCUT2D eigenvalue weighted by atomic mass is 16.7. The monoisotopic (exact) mass is 327 g/mol. The van der Waals surface area contributed by atoms with Crippen LogP contribution in [0.25, 0.3) is 0 Å². The average molecular weight is 327 g/mol. The first-order chi connectivity index (χ1) is 11.2. The number of nitrogens with two attached hydrogens (primary N) is 1. The summed E-state index contributed by atoms with van der Waals surface area (Å²) in [6, 6.07) is 0. The molecule has 0 aromatic rings. The quantitative estimate of drug-likeness (QED) is 0.385. The van der Waals surface area contributed by atoms with Gasteiger partial charge in [-0.05, 0) is 6.42 Å². The van der Waals surface area contributed by atoms with E-state index in [9.17, 15) is 0 Å². The lowest BCUT2D eigenvalue weighted by atomic mass is 10.1. The number of hydrogen-bond acceptors (Lipinski definition) is 4. The van der Waals surface area contributed by atoms with Crippen molar-refractivity contribution >= 4 is 5.96 Å². The van der Waals surface area contributed by atoms with Crippen molar-refractivity contribution in [3.8, 4) is 0 Å². The van der Waals surface area contributed by atoms with Gasteiger partial charge in [0.15, 0.2) is 11.7 Å². The average Bonchev–Trinajstić information content (AvgIpc) is 2.95. The fraction of sp³-hybridized carbons (Fsp3) is 0.941. The number of nitrogens with one attached hydrogen (secondary N) is 1. The van der Waals surface area contributed by atoms with Crippen LogP contribution in [0.1, 0.15) is 58.3 Å². The summed E-state index contributed by atoms with van der Waals surface area (Å²) in [6.45, 7) is 5.69. The minimum absolute atomic E-state index is 0.00231. The van der Waals surface area contributed by atoms with Crippen LogP contribution in [0.2, 0.25) is 0 Å². The Labute approximate surface area is 140 Å². The van der Waals surface area contributed by atoms with Crippen LogP contribution in [0.3, 0.4) is 0 Å². The topological polar surface area (TPSA) is 78.1 Å². The van der Waals surface area contributed by atoms with Crippen LogP contribution < -0.4 is 11.1 Å². The van der Waals surface area contributed by atoms with Gasteiger partial charge in [-0.15, -0.1) is 0 Å². The molecule has 2 aliphatic heterocycles. The van der Waals surface area contributed by atoms with Gasteiger partial charge in [-0.2, -0.15) is 0 Å². The molecule has 0 amide bonds. The fourth-order valence-electron chi connectivity index (χ4n) is 3.03. The maximum absolute atomic E-state index is 6.03. The molecule has 23 heavy (non-hydrogen) atoms. The van der Waals surface area contributed by atoms with E-state index in [4.69, 9.17) is 19.9 Å². The van der Waals surface area contributed by atoms with Crippen LogP contribution in [0.5, 0.6) is 0 Å². The minimum Gasteiger partial charge on any atom is -0.381 e. The molecule has 134 valence electrons. The smallest absolute Gasteiger partial charge is 0.188 e. The number of ether oxygens (including phenoxy) is 3. The van der Waals surface area contributed by atoms with Crippen LogP contribution >= 0.6 is 0 Å². The molecule has 0 bridgehead atoms. The van der Waals surface area contributed by atoms with Gasteiger partial charge in [-0.3, -0.25) is 4.99 Å². The van der Waals surface area contributed by atoms with Gasteiger partial charge >= 0.3 is 0 Å². The Kier molecular flexibility index (Phi) is 8.12. The Morgan fingerprint density at radius 2 is 1.91 bits per heavy atom. The lowest BCUT2D eigenvalue weighted by molar-refractivity contribution is -0.210. The van der Waals surface area contributed by atoms with E-state index in [-0.39, 0.29) is 6.10 Å². The Morgan fingerprint density at radius 3 is 2.70 bits per heavy atom. The molecule has 0 saturated carbocycles. The molecule has 0 aliphatic carbocycles. The van der Waals surface area contributed by atoms with E-state index >= 15 is 0 Å². The third kappa shape index (κ3) is 6.65. The second-order valence-corrected chi connectivity index (χ2v) is 6.49. The molecule has 1 atom stereocenters. The first-order valence-corrected chi connectivity index (χ1v) is 9.17. The molecular weight excluding hydrogens is 294 g/mol. The predicted molar refractivity (Wildman–Crippen MR) is 91.5 cm³/mol. The highest BCUT2D eigenvalue weighted by Crippen LogP contribution is 2.33. The molecule has 3 N–H and O–H groups in total. The third-order valence-electron chi connectivity index (χ3n) is 4.47. The maximum atomic E-state index is 6.03. The van der Waals surface area contributed by atoms with Crippen LogP contribution in [0.15, 0.2) is 4.99 Å². The molecule has 0 aromatic heterocycles. The second kappa shape index (κ2) is 10.1. The molecule has 2 heterocycles. The maximum Gasteiger partial charge on any atom is 0.188 e. The van der Waals surface area contributed by atoms with E-state index in [0.717, 1.165) is 25.8 Å². The standard InChI is InChI=1S/C17H33N3O3/c1-2-3-4-5-6-7-10-19-16(18)20-13-15-14-22-17(23-15)8-11-21-12-9-17/h15H,2-14H2,1H3,(H3,18,19,20). The summed E-state index contributed by atoms with van der Waals surface area (Å²) >= 11 is 0. The summed E-state index contributed by atoms with van der Waals surface area (Å²) in [6.07, 6.45) is 9.29. The zero-order chi connectivity index (χ0) is 16.4. The van der Waals surface area contributed by atoms with Crippen molar-refractivity contribution in [2.24, 2.45) is 10.7 Å². The van der Waals surface area contributed by atoms with Gasteiger partial charge in [0.25, 0.3) is 0 Å². The summed E-state index contributed by atoms with van der Waals surface area (Å²) in [5.41, 5.74) is 5.91. The summed E-state index contributed by atoms with van der Waals surface area (Å²) in [7, 11) is 0. The first-order valence-electron chi connectivity index (χ1n) is 9.17. The van der Waals surface area contributed by atoms with Crippen molar-refractivity contribution < 1.29 is 14.2 Å². The molecule has 2 fully saturated rings. The SMILES string of the molecule is CCCCCCCCNC(N)=NCC1COC2(CCOCC2)O1. The number of guanidine groups is 1. The van der Waals surface area contributed by atoms with Gasteiger partial charge in [-0.1, -0.05) is 39.0 Å². The van der Waals surface area contributed by atoms with Gasteiger partial charge in [-0.25, -0.2) is 0 Å². The number of nitrogens with zero attached hydrogens (tertiary/aromatic N) is 1. The fourth-order valence-corrected chi connectivity index (χ4v) is 3.03. The van der Waals surface area contributed by atoms with Gasteiger partial charge in [0.2, 0.25) is 0 Å². The van der Waals surface area contributed by atoms with Crippen LogP contribution in [0.4, 0.5) is 0 Å². The lowest BCUT2D eigenvalue weighted by Crippen LogP contribution is -2.38. The number of aliphatic imine (C=N–C) groups is 1. The Hall–Kier alpha value is -0.850. The van der Waals surface area contributed by atoms with Crippen molar-refractivity contribution in [3.05, 3.63) is 0 Å². The van der Waals surface area contributed by atoms with E-state index < -0.39 is 5.79 Å². The van der Waals surface area contributed by atoms with Gasteiger partial charge < -0.3 is 25.3 Å². The summed E-state index contributed by atoms with van der Waals surface area (Å²) < 4.78 is 17.2. The molecule has 6 nitrogen and oxygen atoms in total. The Morgan fingerprint density at radius 1 is 1.17 bits per heavy atom. The zero-order valence-electron chi connectivity index (χ0n) is 14.5. The lowest BCUT2D eigenvalue weighted by Gasteiger charge is -2.31. The minimum atomic E-state index is -0.431. The first kappa shape index (κ1) is 18.5. The summed E-state index contributed by atoms with van der Waals surface area (Å²) in [5, 5.41) is 3.18. The van der Waals surface area contributed by atoms with E-state index in [2.05, 4.69) is 17.2 Å². The summed E-state index contributed by atoms with van der Waals surface area (Å²) in [4.78, 5) is 4.38. The van der Waals surface area contributed by atoms with Crippen LogP contribution in [-0.4, -0.2) is 50.8 Å². The number of hydrogen-bond donors (Lipinski definition) is 2. The zero-order valence-corrected chi connectivity index (χ0v) is 14.5. The van der Waals surface area contributed by atoms with Crippen molar-refractivity contribution in [1.82, 2.24) is 5.32 Å². The van der Waals surface area contributed by atoms with E-state index in [1.807, 2.05) is 0 Å². The molecule has 0 radical (unpaired) electrons. The molecular formula is C17H33N3O3. The summed E-state index contributed by atoms with van der Waals surface area (Å²) in [5.74, 6) is 0.0779. The second-order valence-electron chi connectivity index (χ2n) is 6.49. The Bertz CT molecular complexity index is 357. The molecule has 2 rings (SSSR count). The third-order valence-corrected chi connectivity index (χ3v) is 4.47. The van der Waals surface area contributed by atoms with Gasteiger partial charge in [0, 0.05) is 19.4 Å². The molecule has 1 spiro atoms. The van der Waals surface area contributed by atoms with Crippen molar-refractivity contribution in [2.45, 2.75) is 70.2 Å². The van der Waals surface area contributed by atoms with Gasteiger partial charge in [0.1, 0.15) is 6.10 Å². The largest absolute Gasteiger partial charge is 0.381 e. The highest BCUT2D eigenvalue weighted by molar-refractivity contribution is 5.77. The van der Waals surface area contributed by atoms with E-state index in [0.29, 0.717) is 32.3 Å². The Balaban J connectivity index is 1.54. The van der Waals surface area contributed by atoms with E-state index in [1.165, 1.54) is 32.1 Å². The molecule has 2 aliphatic rings. The molecule has 1 unspecified atom stereocenters. The predicted octanol–water partition coefficient (Wildman–Crippen LogP) is 2.17.